The highest BCUT2D eigenvalue weighted by Gasteiger charge is 2.77. The van der Waals surface area contributed by atoms with Gasteiger partial charge in [-0.15, -0.1) is 0 Å². The van der Waals surface area contributed by atoms with Crippen LogP contribution in [0.3, 0.4) is 0 Å². The lowest BCUT2D eigenvalue weighted by Crippen LogP contribution is -2.25. The van der Waals surface area contributed by atoms with Crippen molar-refractivity contribution in [3.63, 3.8) is 0 Å². The minimum atomic E-state index is -3.92. The van der Waals surface area contributed by atoms with Crippen molar-refractivity contribution in [2.75, 3.05) is 13.7 Å². The molecular formula is C20H19NO5S. The van der Waals surface area contributed by atoms with Gasteiger partial charge in [-0.25, -0.2) is 8.42 Å². The van der Waals surface area contributed by atoms with E-state index in [4.69, 9.17) is 9.47 Å². The first-order valence-electron chi connectivity index (χ1n) is 8.44. The summed E-state index contributed by atoms with van der Waals surface area (Å²) in [6, 6.07) is 16.5. The largest absolute Gasteiger partial charge is 0.497 e. The van der Waals surface area contributed by atoms with Gasteiger partial charge < -0.3 is 9.47 Å². The molecule has 3 rings (SSSR count). The van der Waals surface area contributed by atoms with Gasteiger partial charge in [0.2, 0.25) is 0 Å². The summed E-state index contributed by atoms with van der Waals surface area (Å²) >= 11 is 0. The number of esters is 1. The molecule has 7 heteroatoms. The van der Waals surface area contributed by atoms with Crippen LogP contribution in [0.25, 0.3) is 0 Å². The zero-order valence-electron chi connectivity index (χ0n) is 15.0. The molecule has 0 spiro atoms. The van der Waals surface area contributed by atoms with Crippen LogP contribution in [-0.2, 0) is 19.4 Å². The van der Waals surface area contributed by atoms with Crippen molar-refractivity contribution in [2.24, 2.45) is 5.41 Å². The van der Waals surface area contributed by atoms with Crippen LogP contribution in [0, 0.1) is 16.7 Å². The van der Waals surface area contributed by atoms with Crippen LogP contribution in [0.4, 0.5) is 0 Å². The van der Waals surface area contributed by atoms with E-state index in [1.807, 2.05) is 6.07 Å². The molecule has 2 aromatic rings. The van der Waals surface area contributed by atoms with Gasteiger partial charge in [-0.3, -0.25) is 4.79 Å². The Morgan fingerprint density at radius 2 is 1.78 bits per heavy atom. The van der Waals surface area contributed by atoms with E-state index in [2.05, 4.69) is 0 Å². The number of carbonyl (C=O) groups excluding carboxylic acids is 1. The lowest BCUT2D eigenvalue weighted by atomic mass is 10.0. The molecule has 1 fully saturated rings. The third-order valence-corrected chi connectivity index (χ3v) is 7.05. The number of methoxy groups -OCH3 is 1. The van der Waals surface area contributed by atoms with Gasteiger partial charge in [-0.1, -0.05) is 30.3 Å². The molecule has 2 aromatic carbocycles. The molecule has 0 unspecified atom stereocenters. The molecule has 0 aromatic heterocycles. The minimum absolute atomic E-state index is 0.0652. The fourth-order valence-corrected chi connectivity index (χ4v) is 5.72. The molecule has 0 N–H and O–H groups in total. The minimum Gasteiger partial charge on any atom is -0.497 e. The summed E-state index contributed by atoms with van der Waals surface area (Å²) in [5, 5.41) is 8.62. The van der Waals surface area contributed by atoms with Gasteiger partial charge in [0.15, 0.2) is 15.3 Å². The maximum Gasteiger partial charge on any atom is 0.328 e. The number of ether oxygens (including phenoxy) is 2. The van der Waals surface area contributed by atoms with E-state index in [1.54, 1.807) is 49.4 Å². The van der Waals surface area contributed by atoms with E-state index >= 15 is 0 Å². The van der Waals surface area contributed by atoms with E-state index < -0.39 is 32.4 Å². The molecule has 1 saturated carbocycles. The van der Waals surface area contributed by atoms with Crippen LogP contribution in [0.15, 0.2) is 59.5 Å². The Kier molecular flexibility index (Phi) is 4.94. The van der Waals surface area contributed by atoms with Crippen molar-refractivity contribution in [2.45, 2.75) is 23.0 Å². The Morgan fingerprint density at radius 1 is 1.15 bits per heavy atom. The van der Waals surface area contributed by atoms with E-state index in [9.17, 15) is 18.5 Å². The molecule has 0 saturated heterocycles. The SMILES string of the molecule is CCOC(=O)[C@@]1(C#N)[C@@H](c2ccc(OC)cc2)[C@@H]1S(=O)(=O)c1ccccc1. The average Bonchev–Trinajstić information content (AvgIpc) is 3.40. The Balaban J connectivity index is 2.11. The van der Waals surface area contributed by atoms with Crippen molar-refractivity contribution in [1.82, 2.24) is 0 Å². The van der Waals surface area contributed by atoms with Gasteiger partial charge in [0.05, 0.1) is 24.7 Å². The summed E-state index contributed by atoms with van der Waals surface area (Å²) in [5.74, 6) is -1.02. The number of hydrogen-bond acceptors (Lipinski definition) is 6. The summed E-state index contributed by atoms with van der Waals surface area (Å²) in [6.45, 7) is 1.68. The fourth-order valence-electron chi connectivity index (χ4n) is 3.46. The number of benzene rings is 2. The van der Waals surface area contributed by atoms with Gasteiger partial charge in [0.1, 0.15) is 11.0 Å². The highest BCUT2D eigenvalue weighted by Crippen LogP contribution is 2.64. The zero-order chi connectivity index (χ0) is 19.7. The predicted octanol–water partition coefficient (Wildman–Crippen LogP) is 2.71. The summed E-state index contributed by atoms with van der Waals surface area (Å²) in [7, 11) is -2.40. The molecule has 0 heterocycles. The number of nitriles is 1. The van der Waals surface area contributed by atoms with E-state index in [0.717, 1.165) is 0 Å². The Hall–Kier alpha value is -2.85. The molecule has 0 amide bonds. The monoisotopic (exact) mass is 385 g/mol. The van der Waals surface area contributed by atoms with E-state index in [0.29, 0.717) is 11.3 Å². The van der Waals surface area contributed by atoms with Crippen molar-refractivity contribution in [1.29, 1.82) is 5.26 Å². The maximum absolute atomic E-state index is 13.2. The summed E-state index contributed by atoms with van der Waals surface area (Å²) < 4.78 is 36.6. The number of nitrogens with zero attached hydrogens (tertiary/aromatic N) is 1. The van der Waals surface area contributed by atoms with Gasteiger partial charge >= 0.3 is 5.97 Å². The van der Waals surface area contributed by atoms with E-state index in [-0.39, 0.29) is 11.5 Å². The molecule has 27 heavy (non-hydrogen) atoms. The van der Waals surface area contributed by atoms with Gasteiger partial charge in [-0.05, 0) is 36.8 Å². The normalized spacial score (nSPS) is 23.9. The lowest BCUT2D eigenvalue weighted by molar-refractivity contribution is -0.147. The van der Waals surface area contributed by atoms with Crippen LogP contribution < -0.4 is 4.74 Å². The average molecular weight is 385 g/mol. The van der Waals surface area contributed by atoms with E-state index in [1.165, 1.54) is 19.2 Å². The molecule has 0 aliphatic heterocycles. The second kappa shape index (κ2) is 7.05. The number of carbonyl (C=O) groups is 1. The molecule has 3 atom stereocenters. The zero-order valence-corrected chi connectivity index (χ0v) is 15.8. The van der Waals surface area contributed by atoms with Crippen LogP contribution in [-0.4, -0.2) is 33.4 Å². The highest BCUT2D eigenvalue weighted by atomic mass is 32.2. The van der Waals surface area contributed by atoms with Crippen LogP contribution in [0.5, 0.6) is 5.75 Å². The summed E-state index contributed by atoms with van der Waals surface area (Å²) in [5.41, 5.74) is -1.19. The number of hydrogen-bond donors (Lipinski definition) is 0. The second-order valence-corrected chi connectivity index (χ2v) is 8.30. The number of sulfone groups is 1. The van der Waals surface area contributed by atoms with Crippen LogP contribution >= 0.6 is 0 Å². The summed E-state index contributed by atoms with van der Waals surface area (Å²) in [4.78, 5) is 12.7. The first-order chi connectivity index (χ1) is 12.9. The fraction of sp³-hybridized carbons (Fsp3) is 0.300. The first kappa shape index (κ1) is 18.9. The Labute approximate surface area is 158 Å². The molecule has 6 nitrogen and oxygen atoms in total. The molecule has 0 radical (unpaired) electrons. The topological polar surface area (TPSA) is 93.5 Å². The standard InChI is InChI=1S/C20H19NO5S/c1-3-26-19(22)20(13-21)17(14-9-11-15(25-2)12-10-14)18(20)27(23,24)16-7-5-4-6-8-16/h4-12,17-18H,3H2,1-2H3/t17-,18-,20-/m0/s1. The highest BCUT2D eigenvalue weighted by molar-refractivity contribution is 7.92. The number of rotatable bonds is 6. The second-order valence-electron chi connectivity index (χ2n) is 6.23. The predicted molar refractivity (Wildman–Crippen MR) is 97.8 cm³/mol. The Morgan fingerprint density at radius 3 is 2.30 bits per heavy atom. The van der Waals surface area contributed by atoms with Crippen molar-refractivity contribution < 1.29 is 22.7 Å². The Bertz CT molecular complexity index is 979. The third kappa shape index (κ3) is 2.96. The summed E-state index contributed by atoms with van der Waals surface area (Å²) in [6.07, 6.45) is 0. The van der Waals surface area contributed by atoms with Gasteiger partial charge in [-0.2, -0.15) is 5.26 Å². The molecule has 140 valence electrons. The molecule has 0 bridgehead atoms. The molecule has 1 aliphatic rings. The smallest absolute Gasteiger partial charge is 0.328 e. The van der Waals surface area contributed by atoms with Gasteiger partial charge in [0.25, 0.3) is 0 Å². The van der Waals surface area contributed by atoms with Crippen molar-refractivity contribution in [3.05, 3.63) is 60.2 Å². The third-order valence-electron chi connectivity index (χ3n) is 4.81. The van der Waals surface area contributed by atoms with Crippen LogP contribution in [0.2, 0.25) is 0 Å². The molecule has 1 aliphatic carbocycles. The van der Waals surface area contributed by atoms with Crippen molar-refractivity contribution in [3.8, 4) is 11.8 Å². The van der Waals surface area contributed by atoms with Gasteiger partial charge in [0, 0.05) is 5.92 Å². The van der Waals surface area contributed by atoms with Crippen LogP contribution in [0.1, 0.15) is 18.4 Å². The molecular weight excluding hydrogens is 366 g/mol. The quantitative estimate of drug-likeness (QED) is 0.710. The maximum atomic E-state index is 13.2. The van der Waals surface area contributed by atoms with Crippen molar-refractivity contribution >= 4 is 15.8 Å². The first-order valence-corrected chi connectivity index (χ1v) is 9.99. The lowest BCUT2D eigenvalue weighted by Gasteiger charge is -2.09.